The number of carbonyl (C=O) groups is 1. The maximum absolute atomic E-state index is 12.9. The SMILES string of the molecule is CCOc1ccc(/C=C2/SC(=Nc3ccccc3)N(CCOC)C2=O)cc1Br. The highest BCUT2D eigenvalue weighted by Crippen LogP contribution is 2.35. The fraction of sp³-hybridized carbons (Fsp3) is 0.238. The third kappa shape index (κ3) is 5.04. The van der Waals surface area contributed by atoms with E-state index in [4.69, 9.17) is 9.47 Å². The van der Waals surface area contributed by atoms with Crippen LogP contribution >= 0.6 is 27.7 Å². The number of thioether (sulfide) groups is 1. The van der Waals surface area contributed by atoms with E-state index in [0.717, 1.165) is 21.5 Å². The van der Waals surface area contributed by atoms with Crippen molar-refractivity contribution in [3.05, 3.63) is 63.5 Å². The maximum Gasteiger partial charge on any atom is 0.266 e. The van der Waals surface area contributed by atoms with E-state index in [1.807, 2.05) is 61.5 Å². The topological polar surface area (TPSA) is 51.1 Å². The van der Waals surface area contributed by atoms with Gasteiger partial charge in [-0.1, -0.05) is 24.3 Å². The molecule has 7 heteroatoms. The predicted octanol–water partition coefficient (Wildman–Crippen LogP) is 5.10. The van der Waals surface area contributed by atoms with E-state index in [0.29, 0.717) is 29.8 Å². The van der Waals surface area contributed by atoms with Gasteiger partial charge in [0.1, 0.15) is 5.75 Å². The van der Waals surface area contributed by atoms with Gasteiger partial charge in [-0.15, -0.1) is 0 Å². The minimum absolute atomic E-state index is 0.0678. The molecule has 0 atom stereocenters. The average molecular weight is 461 g/mol. The Morgan fingerprint density at radius 2 is 2.00 bits per heavy atom. The molecule has 0 N–H and O–H groups in total. The lowest BCUT2D eigenvalue weighted by Crippen LogP contribution is -2.32. The summed E-state index contributed by atoms with van der Waals surface area (Å²) in [6.45, 7) is 3.44. The number of carbonyl (C=O) groups excluding carboxylic acids is 1. The number of hydrogen-bond donors (Lipinski definition) is 0. The van der Waals surface area contributed by atoms with Crippen LogP contribution in [0.3, 0.4) is 0 Å². The van der Waals surface area contributed by atoms with Crippen LogP contribution in [0.4, 0.5) is 5.69 Å². The minimum atomic E-state index is -0.0678. The molecule has 1 amide bonds. The number of amidine groups is 1. The molecule has 0 saturated carbocycles. The van der Waals surface area contributed by atoms with Gasteiger partial charge in [-0.05, 0) is 70.5 Å². The van der Waals surface area contributed by atoms with Crippen molar-refractivity contribution < 1.29 is 14.3 Å². The van der Waals surface area contributed by atoms with Crippen molar-refractivity contribution in [2.24, 2.45) is 4.99 Å². The fourth-order valence-corrected chi connectivity index (χ4v) is 4.15. The molecule has 0 radical (unpaired) electrons. The van der Waals surface area contributed by atoms with E-state index in [1.165, 1.54) is 11.8 Å². The second-order valence-electron chi connectivity index (χ2n) is 5.91. The van der Waals surface area contributed by atoms with Crippen LogP contribution < -0.4 is 4.74 Å². The quantitative estimate of drug-likeness (QED) is 0.539. The van der Waals surface area contributed by atoms with Crippen LogP contribution in [-0.4, -0.2) is 42.8 Å². The lowest BCUT2D eigenvalue weighted by molar-refractivity contribution is -0.122. The first-order valence-electron chi connectivity index (χ1n) is 8.88. The third-order valence-corrected chi connectivity index (χ3v) is 5.57. The van der Waals surface area contributed by atoms with Crippen LogP contribution in [0, 0.1) is 0 Å². The Labute approximate surface area is 177 Å². The van der Waals surface area contributed by atoms with Crippen LogP contribution in [-0.2, 0) is 9.53 Å². The van der Waals surface area contributed by atoms with Crippen LogP contribution in [0.5, 0.6) is 5.75 Å². The molecular formula is C21H21BrN2O3S. The van der Waals surface area contributed by atoms with E-state index in [2.05, 4.69) is 20.9 Å². The molecule has 1 aliphatic rings. The van der Waals surface area contributed by atoms with Gasteiger partial charge >= 0.3 is 0 Å². The molecule has 146 valence electrons. The number of rotatable bonds is 7. The first kappa shape index (κ1) is 20.6. The number of halogens is 1. The van der Waals surface area contributed by atoms with Crippen LogP contribution in [0.1, 0.15) is 12.5 Å². The molecule has 0 spiro atoms. The molecule has 1 heterocycles. The lowest BCUT2D eigenvalue weighted by atomic mass is 10.2. The first-order valence-corrected chi connectivity index (χ1v) is 10.5. The normalized spacial score (nSPS) is 17.0. The van der Waals surface area contributed by atoms with Gasteiger partial charge in [0.2, 0.25) is 0 Å². The lowest BCUT2D eigenvalue weighted by Gasteiger charge is -2.14. The molecule has 0 bridgehead atoms. The number of methoxy groups -OCH3 is 1. The molecule has 3 rings (SSSR count). The van der Waals surface area contributed by atoms with E-state index in [1.54, 1.807) is 12.0 Å². The monoisotopic (exact) mass is 460 g/mol. The molecule has 0 unspecified atom stereocenters. The Balaban J connectivity index is 1.89. The van der Waals surface area contributed by atoms with E-state index in [-0.39, 0.29) is 5.91 Å². The number of nitrogens with zero attached hydrogens (tertiary/aromatic N) is 2. The summed E-state index contributed by atoms with van der Waals surface area (Å²) in [5, 5.41) is 0.657. The molecule has 5 nitrogen and oxygen atoms in total. The van der Waals surface area contributed by atoms with Crippen molar-refractivity contribution in [1.82, 2.24) is 4.90 Å². The number of para-hydroxylation sites is 1. The highest BCUT2D eigenvalue weighted by Gasteiger charge is 2.33. The number of hydrogen-bond acceptors (Lipinski definition) is 5. The summed E-state index contributed by atoms with van der Waals surface area (Å²) < 4.78 is 11.6. The summed E-state index contributed by atoms with van der Waals surface area (Å²) in [5.74, 6) is 0.713. The minimum Gasteiger partial charge on any atom is -0.493 e. The Morgan fingerprint density at radius 1 is 1.21 bits per heavy atom. The van der Waals surface area contributed by atoms with Gasteiger partial charge in [0.25, 0.3) is 5.91 Å². The smallest absolute Gasteiger partial charge is 0.266 e. The molecule has 2 aromatic carbocycles. The summed E-state index contributed by atoms with van der Waals surface area (Å²) >= 11 is 4.89. The molecule has 1 aliphatic heterocycles. The summed E-state index contributed by atoms with van der Waals surface area (Å²) in [6, 6.07) is 15.4. The standard InChI is InChI=1S/C21H21BrN2O3S/c1-3-27-18-10-9-15(13-17(18)22)14-19-20(25)24(11-12-26-2)21(28-19)23-16-7-5-4-6-8-16/h4-10,13-14H,3,11-12H2,1-2H3/b19-14+,23-21?. The molecular weight excluding hydrogens is 440 g/mol. The second-order valence-corrected chi connectivity index (χ2v) is 7.78. The Hall–Kier alpha value is -2.09. The van der Waals surface area contributed by atoms with Gasteiger partial charge in [0, 0.05) is 7.11 Å². The van der Waals surface area contributed by atoms with Crippen LogP contribution in [0.15, 0.2) is 62.9 Å². The number of aliphatic imine (C=N–C) groups is 1. The van der Waals surface area contributed by atoms with Crippen LogP contribution in [0.25, 0.3) is 6.08 Å². The van der Waals surface area contributed by atoms with E-state index < -0.39 is 0 Å². The van der Waals surface area contributed by atoms with E-state index >= 15 is 0 Å². The maximum atomic E-state index is 12.9. The highest BCUT2D eigenvalue weighted by molar-refractivity contribution is 9.10. The van der Waals surface area contributed by atoms with Crippen molar-refractivity contribution in [2.45, 2.75) is 6.92 Å². The highest BCUT2D eigenvalue weighted by atomic mass is 79.9. The van der Waals surface area contributed by atoms with Gasteiger partial charge in [-0.2, -0.15) is 0 Å². The van der Waals surface area contributed by atoms with Crippen molar-refractivity contribution >= 4 is 50.5 Å². The van der Waals surface area contributed by atoms with Crippen molar-refractivity contribution in [3.8, 4) is 5.75 Å². The van der Waals surface area contributed by atoms with Gasteiger partial charge in [0.15, 0.2) is 5.17 Å². The van der Waals surface area contributed by atoms with Crippen LogP contribution in [0.2, 0.25) is 0 Å². The zero-order valence-corrected chi connectivity index (χ0v) is 18.1. The zero-order chi connectivity index (χ0) is 19.9. The van der Waals surface area contributed by atoms with Gasteiger partial charge < -0.3 is 9.47 Å². The largest absolute Gasteiger partial charge is 0.493 e. The molecule has 2 aromatic rings. The second kappa shape index (κ2) is 9.91. The summed E-state index contributed by atoms with van der Waals surface area (Å²) in [5.41, 5.74) is 1.73. The Bertz CT molecular complexity index is 900. The summed E-state index contributed by atoms with van der Waals surface area (Å²) in [4.78, 5) is 19.9. The third-order valence-electron chi connectivity index (χ3n) is 3.94. The van der Waals surface area contributed by atoms with Gasteiger partial charge in [-0.3, -0.25) is 9.69 Å². The molecule has 1 saturated heterocycles. The zero-order valence-electron chi connectivity index (χ0n) is 15.7. The first-order chi connectivity index (χ1) is 13.6. The van der Waals surface area contributed by atoms with Crippen molar-refractivity contribution in [3.63, 3.8) is 0 Å². The van der Waals surface area contributed by atoms with Gasteiger partial charge in [0.05, 0.1) is 34.8 Å². The average Bonchev–Trinajstić information content (AvgIpc) is 2.97. The number of benzene rings is 2. The molecule has 1 fully saturated rings. The fourth-order valence-electron chi connectivity index (χ4n) is 2.61. The molecule has 0 aliphatic carbocycles. The molecule has 0 aromatic heterocycles. The summed E-state index contributed by atoms with van der Waals surface area (Å²) in [6.07, 6.45) is 1.88. The number of ether oxygens (including phenoxy) is 2. The van der Waals surface area contributed by atoms with Gasteiger partial charge in [-0.25, -0.2) is 4.99 Å². The van der Waals surface area contributed by atoms with E-state index in [9.17, 15) is 4.79 Å². The summed E-state index contributed by atoms with van der Waals surface area (Å²) in [7, 11) is 1.62. The molecule has 28 heavy (non-hydrogen) atoms. The Morgan fingerprint density at radius 3 is 2.68 bits per heavy atom. The van der Waals surface area contributed by atoms with Crippen molar-refractivity contribution in [2.75, 3.05) is 26.9 Å². The predicted molar refractivity (Wildman–Crippen MR) is 118 cm³/mol. The van der Waals surface area contributed by atoms with Crippen molar-refractivity contribution in [1.29, 1.82) is 0 Å². The number of amides is 1. The Kier molecular flexibility index (Phi) is 7.30.